The van der Waals surface area contributed by atoms with Crippen LogP contribution in [-0.2, 0) is 6.54 Å². The molecule has 1 aromatic rings. The molecule has 1 aliphatic rings. The second-order valence-corrected chi connectivity index (χ2v) is 7.14. The Kier molecular flexibility index (Phi) is 5.38. The summed E-state index contributed by atoms with van der Waals surface area (Å²) in [5.74, 6) is 1.85. The van der Waals surface area contributed by atoms with E-state index >= 15 is 0 Å². The predicted molar refractivity (Wildman–Crippen MR) is 86.2 cm³/mol. The van der Waals surface area contributed by atoms with Crippen LogP contribution < -0.4 is 5.32 Å². The van der Waals surface area contributed by atoms with Crippen molar-refractivity contribution < 1.29 is 0 Å². The van der Waals surface area contributed by atoms with Crippen LogP contribution in [0.25, 0.3) is 0 Å². The van der Waals surface area contributed by atoms with E-state index < -0.39 is 0 Å². The number of nitrogens with zero attached hydrogens (tertiary/aromatic N) is 4. The summed E-state index contributed by atoms with van der Waals surface area (Å²) in [6.45, 7) is 8.48. The molecule has 2 atom stereocenters. The van der Waals surface area contributed by atoms with Crippen molar-refractivity contribution in [3.05, 3.63) is 12.2 Å². The molecular weight excluding hydrogens is 262 g/mol. The van der Waals surface area contributed by atoms with Crippen LogP contribution in [0.3, 0.4) is 0 Å². The predicted octanol–water partition coefficient (Wildman–Crippen LogP) is 2.46. The van der Waals surface area contributed by atoms with Gasteiger partial charge in [-0.05, 0) is 46.7 Å². The molecular formula is C16H31N5. The van der Waals surface area contributed by atoms with Crippen molar-refractivity contribution in [2.75, 3.05) is 20.6 Å². The second kappa shape index (κ2) is 6.88. The van der Waals surface area contributed by atoms with Crippen molar-refractivity contribution >= 4 is 0 Å². The van der Waals surface area contributed by atoms with Crippen molar-refractivity contribution in [1.82, 2.24) is 25.0 Å². The Morgan fingerprint density at radius 3 is 2.86 bits per heavy atom. The van der Waals surface area contributed by atoms with Gasteiger partial charge >= 0.3 is 0 Å². The van der Waals surface area contributed by atoms with E-state index in [2.05, 4.69) is 55.2 Å². The third kappa shape index (κ3) is 3.83. The van der Waals surface area contributed by atoms with Crippen LogP contribution in [0.2, 0.25) is 0 Å². The molecule has 0 radical (unpaired) electrons. The molecule has 21 heavy (non-hydrogen) atoms. The minimum atomic E-state index is 0.292. The van der Waals surface area contributed by atoms with Gasteiger partial charge in [0, 0.05) is 18.1 Å². The van der Waals surface area contributed by atoms with Crippen molar-refractivity contribution in [2.45, 2.75) is 64.6 Å². The van der Waals surface area contributed by atoms with Crippen molar-refractivity contribution in [3.8, 4) is 0 Å². The zero-order valence-corrected chi connectivity index (χ0v) is 14.3. The Morgan fingerprint density at radius 1 is 1.48 bits per heavy atom. The molecule has 0 amide bonds. The summed E-state index contributed by atoms with van der Waals surface area (Å²) in [4.78, 5) is 6.80. The molecule has 1 aromatic heterocycles. The lowest BCUT2D eigenvalue weighted by Crippen LogP contribution is -2.54. The van der Waals surface area contributed by atoms with Gasteiger partial charge in [-0.15, -0.1) is 0 Å². The van der Waals surface area contributed by atoms with Gasteiger partial charge in [0.2, 0.25) is 0 Å². The number of rotatable bonds is 6. The zero-order valence-electron chi connectivity index (χ0n) is 14.3. The number of nitrogens with one attached hydrogen (secondary N) is 1. The van der Waals surface area contributed by atoms with Crippen LogP contribution in [-0.4, -0.2) is 45.8 Å². The summed E-state index contributed by atoms with van der Waals surface area (Å²) in [6, 6.07) is 0.363. The van der Waals surface area contributed by atoms with E-state index in [0.29, 0.717) is 11.6 Å². The third-order valence-corrected chi connectivity index (χ3v) is 4.89. The molecule has 2 unspecified atom stereocenters. The topological polar surface area (TPSA) is 46.0 Å². The molecule has 0 spiro atoms. The third-order valence-electron chi connectivity index (χ3n) is 4.89. The normalized spacial score (nSPS) is 26.7. The molecule has 0 aromatic carbocycles. The zero-order chi connectivity index (χ0) is 15.5. The summed E-state index contributed by atoms with van der Waals surface area (Å²) >= 11 is 0. The van der Waals surface area contributed by atoms with Gasteiger partial charge in [0.25, 0.3) is 0 Å². The molecule has 1 fully saturated rings. The van der Waals surface area contributed by atoms with Gasteiger partial charge in [0.05, 0.1) is 6.54 Å². The minimum absolute atomic E-state index is 0.292. The van der Waals surface area contributed by atoms with Crippen molar-refractivity contribution in [1.29, 1.82) is 0 Å². The summed E-state index contributed by atoms with van der Waals surface area (Å²) in [6.07, 6.45) is 6.93. The van der Waals surface area contributed by atoms with E-state index in [1.165, 1.54) is 25.7 Å². The Morgan fingerprint density at radius 2 is 2.24 bits per heavy atom. The standard InChI is InChI=1S/C16H31N5/c1-13(2)21-15(18-12-19-21)10-17-11-16(20(4)5)8-6-7-14(3)9-16/h12-14,17H,6-11H2,1-5H3. The fraction of sp³-hybridized carbons (Fsp3) is 0.875. The van der Waals surface area contributed by atoms with Crippen molar-refractivity contribution in [3.63, 3.8) is 0 Å². The van der Waals surface area contributed by atoms with Gasteiger partial charge in [0.15, 0.2) is 0 Å². The lowest BCUT2D eigenvalue weighted by atomic mass is 9.75. The lowest BCUT2D eigenvalue weighted by Gasteiger charge is -2.45. The fourth-order valence-corrected chi connectivity index (χ4v) is 3.60. The van der Waals surface area contributed by atoms with E-state index in [1.54, 1.807) is 6.33 Å². The number of aromatic nitrogens is 3. The second-order valence-electron chi connectivity index (χ2n) is 7.14. The minimum Gasteiger partial charge on any atom is -0.308 e. The molecule has 5 heteroatoms. The van der Waals surface area contributed by atoms with E-state index in [0.717, 1.165) is 24.8 Å². The number of hydrogen-bond acceptors (Lipinski definition) is 4. The summed E-state index contributed by atoms with van der Waals surface area (Å²) < 4.78 is 2.00. The number of likely N-dealkylation sites (N-methyl/N-ethyl adjacent to an activating group) is 1. The summed E-state index contributed by atoms with van der Waals surface area (Å²) in [7, 11) is 4.44. The van der Waals surface area contributed by atoms with Crippen LogP contribution in [0.5, 0.6) is 0 Å². The highest BCUT2D eigenvalue weighted by Crippen LogP contribution is 2.35. The highest BCUT2D eigenvalue weighted by atomic mass is 15.4. The van der Waals surface area contributed by atoms with Crippen LogP contribution >= 0.6 is 0 Å². The SMILES string of the molecule is CC1CCCC(CNCc2ncnn2C(C)C)(N(C)C)C1. The van der Waals surface area contributed by atoms with E-state index in [9.17, 15) is 0 Å². The highest BCUT2D eigenvalue weighted by molar-refractivity contribution is 4.95. The largest absolute Gasteiger partial charge is 0.308 e. The maximum Gasteiger partial charge on any atom is 0.141 e. The first-order valence-corrected chi connectivity index (χ1v) is 8.21. The Labute approximate surface area is 129 Å². The van der Waals surface area contributed by atoms with E-state index in [-0.39, 0.29) is 0 Å². The Bertz CT molecular complexity index is 440. The molecule has 1 aliphatic carbocycles. The first-order valence-electron chi connectivity index (χ1n) is 8.21. The van der Waals surface area contributed by atoms with Gasteiger partial charge in [-0.2, -0.15) is 5.10 Å². The average Bonchev–Trinajstić information content (AvgIpc) is 2.87. The Hall–Kier alpha value is -0.940. The van der Waals surface area contributed by atoms with Crippen LogP contribution in [0, 0.1) is 5.92 Å². The molecule has 0 saturated heterocycles. The smallest absolute Gasteiger partial charge is 0.141 e. The van der Waals surface area contributed by atoms with Gasteiger partial charge in [-0.25, -0.2) is 9.67 Å². The van der Waals surface area contributed by atoms with Crippen LogP contribution in [0.15, 0.2) is 6.33 Å². The highest BCUT2D eigenvalue weighted by Gasteiger charge is 2.36. The van der Waals surface area contributed by atoms with Gasteiger partial charge < -0.3 is 10.2 Å². The van der Waals surface area contributed by atoms with Gasteiger partial charge in [0.1, 0.15) is 12.2 Å². The number of hydrogen-bond donors (Lipinski definition) is 1. The Balaban J connectivity index is 1.95. The van der Waals surface area contributed by atoms with Gasteiger partial charge in [-0.3, -0.25) is 0 Å². The van der Waals surface area contributed by atoms with E-state index in [1.807, 2.05) is 4.68 Å². The van der Waals surface area contributed by atoms with Gasteiger partial charge in [-0.1, -0.05) is 19.8 Å². The molecule has 1 heterocycles. The molecule has 0 aliphatic heterocycles. The molecule has 120 valence electrons. The average molecular weight is 293 g/mol. The first-order chi connectivity index (χ1) is 9.94. The molecule has 5 nitrogen and oxygen atoms in total. The summed E-state index contributed by atoms with van der Waals surface area (Å²) in [5.41, 5.74) is 0.292. The van der Waals surface area contributed by atoms with Crippen molar-refractivity contribution in [2.24, 2.45) is 5.92 Å². The molecule has 1 saturated carbocycles. The molecule has 0 bridgehead atoms. The molecule has 1 N–H and O–H groups in total. The maximum atomic E-state index is 4.38. The fourth-order valence-electron chi connectivity index (χ4n) is 3.60. The van der Waals surface area contributed by atoms with Crippen LogP contribution in [0.4, 0.5) is 0 Å². The van der Waals surface area contributed by atoms with E-state index in [4.69, 9.17) is 0 Å². The lowest BCUT2D eigenvalue weighted by molar-refractivity contribution is 0.0746. The maximum absolute atomic E-state index is 4.38. The molecule has 2 rings (SSSR count). The first kappa shape index (κ1) is 16.4. The monoisotopic (exact) mass is 293 g/mol. The quantitative estimate of drug-likeness (QED) is 0.875. The van der Waals surface area contributed by atoms with Crippen LogP contribution in [0.1, 0.15) is 58.3 Å². The summed E-state index contributed by atoms with van der Waals surface area (Å²) in [5, 5.41) is 7.93.